The first-order valence-electron chi connectivity index (χ1n) is 7.15. The molecule has 4 rings (SSSR count). The van der Waals surface area contributed by atoms with E-state index in [0.29, 0.717) is 5.92 Å². The second-order valence-electron chi connectivity index (χ2n) is 5.55. The lowest BCUT2D eigenvalue weighted by atomic mass is 9.99. The van der Waals surface area contributed by atoms with Gasteiger partial charge in [-0.15, -0.1) is 0 Å². The Morgan fingerprint density at radius 2 is 2.15 bits per heavy atom. The van der Waals surface area contributed by atoms with E-state index >= 15 is 0 Å². The van der Waals surface area contributed by atoms with Crippen LogP contribution in [0.4, 0.5) is 0 Å². The fourth-order valence-electron chi connectivity index (χ4n) is 3.13. The van der Waals surface area contributed by atoms with Crippen molar-refractivity contribution in [2.24, 2.45) is 7.05 Å². The lowest BCUT2D eigenvalue weighted by Crippen LogP contribution is -1.94. The molecule has 0 spiro atoms. The molecular formula is C15H17N5. The van der Waals surface area contributed by atoms with Gasteiger partial charge < -0.3 is 4.98 Å². The first-order valence-corrected chi connectivity index (χ1v) is 7.15. The number of aromatic amines is 1. The van der Waals surface area contributed by atoms with E-state index in [9.17, 15) is 0 Å². The molecule has 1 fully saturated rings. The van der Waals surface area contributed by atoms with Crippen molar-refractivity contribution in [1.82, 2.24) is 24.7 Å². The first-order chi connectivity index (χ1) is 9.81. The molecule has 1 N–H and O–H groups in total. The zero-order valence-corrected chi connectivity index (χ0v) is 11.5. The lowest BCUT2D eigenvalue weighted by Gasteiger charge is -2.07. The molecular weight excluding hydrogens is 250 g/mol. The van der Waals surface area contributed by atoms with E-state index in [1.807, 2.05) is 24.0 Å². The maximum absolute atomic E-state index is 4.56. The van der Waals surface area contributed by atoms with Gasteiger partial charge in [-0.25, -0.2) is 9.97 Å². The van der Waals surface area contributed by atoms with E-state index in [4.69, 9.17) is 0 Å². The van der Waals surface area contributed by atoms with Crippen molar-refractivity contribution in [3.05, 3.63) is 30.1 Å². The Kier molecular flexibility index (Phi) is 2.58. The Balaban J connectivity index is 1.77. The largest absolute Gasteiger partial charge is 0.335 e. The van der Waals surface area contributed by atoms with E-state index in [2.05, 4.69) is 26.1 Å². The predicted molar refractivity (Wildman–Crippen MR) is 77.3 cm³/mol. The molecule has 0 bridgehead atoms. The molecule has 5 heteroatoms. The summed E-state index contributed by atoms with van der Waals surface area (Å²) >= 11 is 0. The van der Waals surface area contributed by atoms with Crippen LogP contribution in [-0.2, 0) is 7.05 Å². The number of pyridine rings is 1. The van der Waals surface area contributed by atoms with E-state index in [0.717, 1.165) is 22.7 Å². The van der Waals surface area contributed by atoms with Gasteiger partial charge in [-0.3, -0.25) is 4.68 Å². The summed E-state index contributed by atoms with van der Waals surface area (Å²) in [7, 11) is 1.92. The van der Waals surface area contributed by atoms with Crippen LogP contribution < -0.4 is 0 Å². The molecule has 0 aromatic carbocycles. The lowest BCUT2D eigenvalue weighted by molar-refractivity contribution is 0.721. The number of aryl methyl sites for hydroxylation is 1. The van der Waals surface area contributed by atoms with Crippen molar-refractivity contribution in [3.8, 4) is 11.5 Å². The average molecular weight is 267 g/mol. The zero-order valence-electron chi connectivity index (χ0n) is 11.5. The number of hydrogen-bond donors (Lipinski definition) is 1. The van der Waals surface area contributed by atoms with Gasteiger partial charge in [0.25, 0.3) is 0 Å². The van der Waals surface area contributed by atoms with Gasteiger partial charge in [-0.05, 0) is 36.5 Å². The van der Waals surface area contributed by atoms with Crippen LogP contribution in [0.1, 0.15) is 37.2 Å². The number of aromatic nitrogens is 5. The van der Waals surface area contributed by atoms with Crippen LogP contribution in [0.5, 0.6) is 0 Å². The summed E-state index contributed by atoms with van der Waals surface area (Å²) in [6, 6.07) is 4.17. The predicted octanol–water partition coefficient (Wildman–Crippen LogP) is 3.02. The molecule has 3 heterocycles. The Bertz CT molecular complexity index is 749. The normalized spacial score (nSPS) is 16.2. The molecule has 0 atom stereocenters. The third-order valence-electron chi connectivity index (χ3n) is 4.25. The van der Waals surface area contributed by atoms with Crippen LogP contribution in [0.25, 0.3) is 22.7 Å². The number of fused-ring (bicyclic) bond motifs is 1. The topological polar surface area (TPSA) is 59.4 Å². The average Bonchev–Trinajstić information content (AvgIpc) is 3.17. The standard InChI is InChI=1S/C15H17N5/c1-20-13(6-7-17-20)15-18-12-8-11(9-16-14(12)19-15)10-4-2-3-5-10/h6-10H,2-5H2,1H3,(H,16,18,19). The van der Waals surface area contributed by atoms with Crippen molar-refractivity contribution in [1.29, 1.82) is 0 Å². The van der Waals surface area contributed by atoms with Crippen LogP contribution in [-0.4, -0.2) is 24.7 Å². The van der Waals surface area contributed by atoms with E-state index in [1.165, 1.54) is 31.2 Å². The number of nitrogens with one attached hydrogen (secondary N) is 1. The molecule has 102 valence electrons. The molecule has 0 unspecified atom stereocenters. The van der Waals surface area contributed by atoms with Gasteiger partial charge in [-0.1, -0.05) is 12.8 Å². The summed E-state index contributed by atoms with van der Waals surface area (Å²) in [6.07, 6.45) is 9.02. The number of nitrogens with zero attached hydrogens (tertiary/aromatic N) is 4. The molecule has 0 aliphatic heterocycles. The Morgan fingerprint density at radius 3 is 2.90 bits per heavy atom. The second kappa shape index (κ2) is 4.44. The highest BCUT2D eigenvalue weighted by Gasteiger charge is 2.18. The smallest absolute Gasteiger partial charge is 0.178 e. The zero-order chi connectivity index (χ0) is 13.5. The van der Waals surface area contributed by atoms with E-state index in [-0.39, 0.29) is 0 Å². The third kappa shape index (κ3) is 1.81. The highest BCUT2D eigenvalue weighted by molar-refractivity contribution is 5.75. The van der Waals surface area contributed by atoms with Gasteiger partial charge in [0.1, 0.15) is 5.69 Å². The van der Waals surface area contributed by atoms with Crippen molar-refractivity contribution in [3.63, 3.8) is 0 Å². The van der Waals surface area contributed by atoms with Crippen molar-refractivity contribution >= 4 is 11.2 Å². The Hall–Kier alpha value is -2.17. The Morgan fingerprint density at radius 1 is 1.30 bits per heavy atom. The maximum Gasteiger partial charge on any atom is 0.178 e. The molecule has 20 heavy (non-hydrogen) atoms. The maximum atomic E-state index is 4.56. The highest BCUT2D eigenvalue weighted by atomic mass is 15.3. The Labute approximate surface area is 117 Å². The number of H-pyrrole nitrogens is 1. The van der Waals surface area contributed by atoms with Gasteiger partial charge in [0.2, 0.25) is 0 Å². The molecule has 5 nitrogen and oxygen atoms in total. The number of hydrogen-bond acceptors (Lipinski definition) is 3. The third-order valence-corrected chi connectivity index (χ3v) is 4.25. The molecule has 1 saturated carbocycles. The fraction of sp³-hybridized carbons (Fsp3) is 0.400. The van der Waals surface area contributed by atoms with Crippen molar-refractivity contribution < 1.29 is 0 Å². The summed E-state index contributed by atoms with van der Waals surface area (Å²) in [5.74, 6) is 1.51. The van der Waals surface area contributed by atoms with Gasteiger partial charge in [0.05, 0.1) is 5.52 Å². The minimum atomic E-state index is 0.676. The molecule has 3 aromatic heterocycles. The summed E-state index contributed by atoms with van der Waals surface area (Å²) in [4.78, 5) is 12.4. The minimum absolute atomic E-state index is 0.676. The quantitative estimate of drug-likeness (QED) is 0.776. The number of rotatable bonds is 2. The van der Waals surface area contributed by atoms with Crippen LogP contribution in [0, 0.1) is 0 Å². The number of imidazole rings is 1. The summed E-state index contributed by atoms with van der Waals surface area (Å²) in [5, 5.41) is 4.18. The first kappa shape index (κ1) is 11.6. The summed E-state index contributed by atoms with van der Waals surface area (Å²) in [5.41, 5.74) is 4.12. The van der Waals surface area contributed by atoms with Crippen molar-refractivity contribution in [2.75, 3.05) is 0 Å². The van der Waals surface area contributed by atoms with Gasteiger partial charge in [0, 0.05) is 19.4 Å². The fourth-order valence-corrected chi connectivity index (χ4v) is 3.13. The minimum Gasteiger partial charge on any atom is -0.335 e. The highest BCUT2D eigenvalue weighted by Crippen LogP contribution is 2.34. The van der Waals surface area contributed by atoms with Crippen LogP contribution in [0.15, 0.2) is 24.5 Å². The molecule has 3 aromatic rings. The van der Waals surface area contributed by atoms with Crippen LogP contribution >= 0.6 is 0 Å². The monoisotopic (exact) mass is 267 g/mol. The molecule has 1 aliphatic carbocycles. The molecule has 0 radical (unpaired) electrons. The van der Waals surface area contributed by atoms with Crippen LogP contribution in [0.3, 0.4) is 0 Å². The summed E-state index contributed by atoms with van der Waals surface area (Å²) in [6.45, 7) is 0. The van der Waals surface area contributed by atoms with Gasteiger partial charge in [-0.2, -0.15) is 5.10 Å². The summed E-state index contributed by atoms with van der Waals surface area (Å²) < 4.78 is 1.82. The van der Waals surface area contributed by atoms with E-state index in [1.54, 1.807) is 6.20 Å². The van der Waals surface area contributed by atoms with Gasteiger partial charge in [0.15, 0.2) is 11.5 Å². The van der Waals surface area contributed by atoms with E-state index < -0.39 is 0 Å². The molecule has 1 aliphatic rings. The van der Waals surface area contributed by atoms with Gasteiger partial charge >= 0.3 is 0 Å². The van der Waals surface area contributed by atoms with Crippen molar-refractivity contribution in [2.45, 2.75) is 31.6 Å². The SMILES string of the molecule is Cn1nccc1-c1nc2ncc(C3CCCC3)cc2[nH]1. The van der Waals surface area contributed by atoms with Crippen LogP contribution in [0.2, 0.25) is 0 Å². The second-order valence-corrected chi connectivity index (χ2v) is 5.55. The molecule has 0 amide bonds. The molecule has 0 saturated heterocycles.